The van der Waals surface area contributed by atoms with Gasteiger partial charge in [-0.1, -0.05) is 44.4 Å². The Balaban J connectivity index is 1.94. The lowest BCUT2D eigenvalue weighted by Crippen LogP contribution is -2.45. The molecule has 0 spiro atoms. The molecule has 1 aliphatic heterocycles. The fraction of sp³-hybridized carbons (Fsp3) is 0.611. The number of nitriles is 1. The molecule has 106 valence electrons. The Labute approximate surface area is 122 Å². The molecule has 0 saturated heterocycles. The fourth-order valence-corrected chi connectivity index (χ4v) is 3.96. The van der Waals surface area contributed by atoms with Gasteiger partial charge in [-0.2, -0.15) is 5.26 Å². The van der Waals surface area contributed by atoms with Gasteiger partial charge in [0.25, 0.3) is 0 Å². The summed E-state index contributed by atoms with van der Waals surface area (Å²) < 4.78 is 0. The summed E-state index contributed by atoms with van der Waals surface area (Å²) in [6, 6.07) is 11.8. The van der Waals surface area contributed by atoms with Crippen molar-refractivity contribution in [1.29, 1.82) is 5.26 Å². The Morgan fingerprint density at radius 2 is 1.95 bits per heavy atom. The predicted molar refractivity (Wildman–Crippen MR) is 82.6 cm³/mol. The zero-order valence-corrected chi connectivity index (χ0v) is 12.4. The van der Waals surface area contributed by atoms with Crippen LogP contribution in [-0.4, -0.2) is 12.6 Å². The number of hydrogen-bond donors (Lipinski definition) is 0. The standard InChI is InChI=1S/C18H24N2/c1-14-11-15-7-5-6-10-17(15)20(13-14)18-9-4-2-3-8-16(18)12-19/h5-7,10,14,16,18H,2-4,8-9,11,13H2,1H3. The summed E-state index contributed by atoms with van der Waals surface area (Å²) in [5.41, 5.74) is 2.85. The smallest absolute Gasteiger partial charge is 0.0677 e. The zero-order chi connectivity index (χ0) is 13.9. The van der Waals surface area contributed by atoms with Crippen molar-refractivity contribution in [2.45, 2.75) is 51.5 Å². The molecule has 0 bridgehead atoms. The van der Waals surface area contributed by atoms with E-state index in [2.05, 4.69) is 42.2 Å². The minimum Gasteiger partial charge on any atom is -0.367 e. The van der Waals surface area contributed by atoms with Crippen LogP contribution >= 0.6 is 0 Å². The first-order chi connectivity index (χ1) is 9.79. The third-order valence-electron chi connectivity index (χ3n) is 4.92. The van der Waals surface area contributed by atoms with Gasteiger partial charge < -0.3 is 4.90 Å². The molecule has 1 aromatic rings. The van der Waals surface area contributed by atoms with Gasteiger partial charge in [-0.3, -0.25) is 0 Å². The Bertz CT molecular complexity index is 502. The van der Waals surface area contributed by atoms with Crippen LogP contribution in [0.4, 0.5) is 5.69 Å². The summed E-state index contributed by atoms with van der Waals surface area (Å²) in [6.45, 7) is 3.45. The minimum atomic E-state index is 0.204. The van der Waals surface area contributed by atoms with Gasteiger partial charge in [0.15, 0.2) is 0 Å². The summed E-state index contributed by atoms with van der Waals surface area (Å²) in [7, 11) is 0. The summed E-state index contributed by atoms with van der Waals surface area (Å²) in [6.07, 6.45) is 7.22. The van der Waals surface area contributed by atoms with E-state index in [4.69, 9.17) is 0 Å². The van der Waals surface area contributed by atoms with E-state index in [0.29, 0.717) is 12.0 Å². The van der Waals surface area contributed by atoms with E-state index in [9.17, 15) is 5.26 Å². The molecule has 2 aliphatic rings. The molecule has 3 unspecified atom stereocenters. The fourth-order valence-electron chi connectivity index (χ4n) is 3.96. The van der Waals surface area contributed by atoms with Gasteiger partial charge in [-0.05, 0) is 36.8 Å². The van der Waals surface area contributed by atoms with Crippen molar-refractivity contribution in [2.75, 3.05) is 11.4 Å². The lowest BCUT2D eigenvalue weighted by atomic mass is 9.88. The van der Waals surface area contributed by atoms with Crippen LogP contribution in [0.25, 0.3) is 0 Å². The molecule has 0 amide bonds. The molecule has 1 aromatic carbocycles. The number of hydrogen-bond acceptors (Lipinski definition) is 2. The highest BCUT2D eigenvalue weighted by atomic mass is 15.2. The van der Waals surface area contributed by atoms with Crippen molar-refractivity contribution < 1.29 is 0 Å². The SMILES string of the molecule is CC1Cc2ccccc2N(C2CCCCCC2C#N)C1. The second-order valence-electron chi connectivity index (χ2n) is 6.53. The molecule has 1 aliphatic carbocycles. The molecule has 1 saturated carbocycles. The van der Waals surface area contributed by atoms with Gasteiger partial charge in [-0.15, -0.1) is 0 Å². The number of rotatable bonds is 1. The molecule has 2 nitrogen and oxygen atoms in total. The Morgan fingerprint density at radius 1 is 1.15 bits per heavy atom. The highest BCUT2D eigenvalue weighted by Crippen LogP contribution is 2.36. The zero-order valence-electron chi connectivity index (χ0n) is 12.4. The summed E-state index contributed by atoms with van der Waals surface area (Å²) >= 11 is 0. The van der Waals surface area contributed by atoms with Crippen LogP contribution in [0.5, 0.6) is 0 Å². The van der Waals surface area contributed by atoms with Crippen LogP contribution in [0.3, 0.4) is 0 Å². The minimum absolute atomic E-state index is 0.204. The lowest BCUT2D eigenvalue weighted by Gasteiger charge is -2.41. The normalized spacial score (nSPS) is 30.2. The Kier molecular flexibility index (Phi) is 3.96. The molecule has 0 aromatic heterocycles. The maximum Gasteiger partial charge on any atom is 0.0677 e. The van der Waals surface area contributed by atoms with Crippen molar-refractivity contribution in [2.24, 2.45) is 11.8 Å². The number of benzene rings is 1. The van der Waals surface area contributed by atoms with Gasteiger partial charge in [-0.25, -0.2) is 0 Å². The second-order valence-corrected chi connectivity index (χ2v) is 6.53. The monoisotopic (exact) mass is 268 g/mol. The molecule has 1 fully saturated rings. The third kappa shape index (κ3) is 2.54. The van der Waals surface area contributed by atoms with Crippen molar-refractivity contribution in [3.63, 3.8) is 0 Å². The topological polar surface area (TPSA) is 27.0 Å². The maximum absolute atomic E-state index is 9.55. The van der Waals surface area contributed by atoms with Crippen molar-refractivity contribution in [1.82, 2.24) is 0 Å². The Morgan fingerprint density at radius 3 is 2.80 bits per heavy atom. The second kappa shape index (κ2) is 5.87. The van der Waals surface area contributed by atoms with Gasteiger partial charge in [0.05, 0.1) is 12.0 Å². The maximum atomic E-state index is 9.55. The van der Waals surface area contributed by atoms with E-state index in [1.807, 2.05) is 0 Å². The molecule has 3 atom stereocenters. The molecule has 2 heteroatoms. The molecule has 20 heavy (non-hydrogen) atoms. The van der Waals surface area contributed by atoms with Crippen LogP contribution in [0.1, 0.15) is 44.6 Å². The van der Waals surface area contributed by atoms with Crippen LogP contribution in [-0.2, 0) is 6.42 Å². The molecule has 1 heterocycles. The highest BCUT2D eigenvalue weighted by molar-refractivity contribution is 5.56. The van der Waals surface area contributed by atoms with E-state index >= 15 is 0 Å². The molecular formula is C18H24N2. The number of anilines is 1. The summed E-state index contributed by atoms with van der Waals surface area (Å²) in [5, 5.41) is 9.55. The quantitative estimate of drug-likeness (QED) is 0.715. The first kappa shape index (κ1) is 13.5. The number of para-hydroxylation sites is 1. The van der Waals surface area contributed by atoms with E-state index in [1.54, 1.807) is 0 Å². The largest absolute Gasteiger partial charge is 0.367 e. The van der Waals surface area contributed by atoms with E-state index < -0.39 is 0 Å². The molecule has 3 rings (SSSR count). The van der Waals surface area contributed by atoms with Crippen molar-refractivity contribution >= 4 is 5.69 Å². The van der Waals surface area contributed by atoms with E-state index in [0.717, 1.165) is 13.0 Å². The van der Waals surface area contributed by atoms with Crippen LogP contribution in [0, 0.1) is 23.2 Å². The predicted octanol–water partition coefficient (Wildman–Crippen LogP) is 4.16. The van der Waals surface area contributed by atoms with Crippen LogP contribution in [0.15, 0.2) is 24.3 Å². The van der Waals surface area contributed by atoms with E-state index in [1.165, 1.54) is 43.4 Å². The highest BCUT2D eigenvalue weighted by Gasteiger charge is 2.33. The Hall–Kier alpha value is -1.49. The van der Waals surface area contributed by atoms with Gasteiger partial charge in [0.1, 0.15) is 0 Å². The first-order valence-corrected chi connectivity index (χ1v) is 8.03. The lowest BCUT2D eigenvalue weighted by molar-refractivity contribution is 0.406. The van der Waals surface area contributed by atoms with Gasteiger partial charge >= 0.3 is 0 Å². The first-order valence-electron chi connectivity index (χ1n) is 8.03. The van der Waals surface area contributed by atoms with Gasteiger partial charge in [0.2, 0.25) is 0 Å². The average molecular weight is 268 g/mol. The van der Waals surface area contributed by atoms with Crippen LogP contribution in [0.2, 0.25) is 0 Å². The van der Waals surface area contributed by atoms with Crippen LogP contribution < -0.4 is 4.90 Å². The average Bonchev–Trinajstić information content (AvgIpc) is 2.71. The summed E-state index contributed by atoms with van der Waals surface area (Å²) in [5.74, 6) is 0.892. The summed E-state index contributed by atoms with van der Waals surface area (Å²) in [4.78, 5) is 2.56. The third-order valence-corrected chi connectivity index (χ3v) is 4.92. The van der Waals surface area contributed by atoms with Gasteiger partial charge in [0, 0.05) is 18.3 Å². The molecule has 0 radical (unpaired) electrons. The van der Waals surface area contributed by atoms with Crippen molar-refractivity contribution in [3.8, 4) is 6.07 Å². The molecule has 0 N–H and O–H groups in total. The number of fused-ring (bicyclic) bond motifs is 1. The van der Waals surface area contributed by atoms with Crippen molar-refractivity contribution in [3.05, 3.63) is 29.8 Å². The van der Waals surface area contributed by atoms with E-state index in [-0.39, 0.29) is 5.92 Å². The number of nitrogens with zero attached hydrogens (tertiary/aromatic N) is 2. The molecular weight excluding hydrogens is 244 g/mol.